The van der Waals surface area contributed by atoms with Crippen LogP contribution in [0, 0.1) is 0 Å². The summed E-state index contributed by atoms with van der Waals surface area (Å²) < 4.78 is 7.48. The number of rotatable bonds is 4. The first-order valence-corrected chi connectivity index (χ1v) is 8.63. The second-order valence-electron chi connectivity index (χ2n) is 6.35. The molecular formula is C17H24BrNO. The molecule has 20 heavy (non-hydrogen) atoms. The highest BCUT2D eigenvalue weighted by Crippen LogP contribution is 2.43. The third kappa shape index (κ3) is 3.26. The molecule has 0 aromatic heterocycles. The SMILES string of the molecule is C[C@H](NCC1CCC2(CCCC2)O1)c1ccc(Br)cc1. The van der Waals surface area contributed by atoms with Gasteiger partial charge in [-0.25, -0.2) is 0 Å². The maximum atomic E-state index is 6.35. The molecule has 110 valence electrons. The van der Waals surface area contributed by atoms with E-state index in [9.17, 15) is 0 Å². The summed E-state index contributed by atoms with van der Waals surface area (Å²) in [5.74, 6) is 0. The van der Waals surface area contributed by atoms with Crippen LogP contribution < -0.4 is 5.32 Å². The zero-order valence-corrected chi connectivity index (χ0v) is 13.8. The second kappa shape index (κ2) is 6.17. The van der Waals surface area contributed by atoms with Gasteiger partial charge in [0.25, 0.3) is 0 Å². The van der Waals surface area contributed by atoms with E-state index < -0.39 is 0 Å². The molecule has 2 nitrogen and oxygen atoms in total. The maximum Gasteiger partial charge on any atom is 0.0708 e. The summed E-state index contributed by atoms with van der Waals surface area (Å²) in [4.78, 5) is 0. The van der Waals surface area contributed by atoms with E-state index in [1.807, 2.05) is 0 Å². The van der Waals surface area contributed by atoms with Gasteiger partial charge < -0.3 is 10.1 Å². The molecule has 1 aliphatic carbocycles. The average Bonchev–Trinajstić information content (AvgIpc) is 3.08. The van der Waals surface area contributed by atoms with Gasteiger partial charge in [-0.15, -0.1) is 0 Å². The lowest BCUT2D eigenvalue weighted by Gasteiger charge is -2.24. The first-order valence-electron chi connectivity index (χ1n) is 7.84. The smallest absolute Gasteiger partial charge is 0.0708 e. The fourth-order valence-electron chi connectivity index (χ4n) is 3.60. The van der Waals surface area contributed by atoms with Crippen molar-refractivity contribution in [1.29, 1.82) is 0 Å². The van der Waals surface area contributed by atoms with Gasteiger partial charge in [0.1, 0.15) is 0 Å². The third-order valence-electron chi connectivity index (χ3n) is 4.88. The van der Waals surface area contributed by atoms with E-state index in [2.05, 4.69) is 52.4 Å². The quantitative estimate of drug-likeness (QED) is 0.867. The molecule has 1 saturated heterocycles. The van der Waals surface area contributed by atoms with Crippen LogP contribution in [0.1, 0.15) is 57.1 Å². The highest BCUT2D eigenvalue weighted by Gasteiger charge is 2.41. The molecule has 0 bridgehead atoms. The number of halogens is 1. The molecule has 3 rings (SSSR count). The minimum Gasteiger partial charge on any atom is -0.370 e. The van der Waals surface area contributed by atoms with Gasteiger partial charge in [0.2, 0.25) is 0 Å². The van der Waals surface area contributed by atoms with Crippen molar-refractivity contribution >= 4 is 15.9 Å². The molecule has 2 aliphatic rings. The van der Waals surface area contributed by atoms with Crippen molar-refractivity contribution in [2.24, 2.45) is 0 Å². The lowest BCUT2D eigenvalue weighted by molar-refractivity contribution is -0.0357. The first-order chi connectivity index (χ1) is 9.67. The Morgan fingerprint density at radius 1 is 1.25 bits per heavy atom. The van der Waals surface area contributed by atoms with E-state index in [1.54, 1.807) is 0 Å². The Bertz CT molecular complexity index is 439. The molecule has 1 spiro atoms. The van der Waals surface area contributed by atoms with Crippen molar-refractivity contribution < 1.29 is 4.74 Å². The Kier molecular flexibility index (Phi) is 4.49. The van der Waals surface area contributed by atoms with Crippen molar-refractivity contribution in [3.63, 3.8) is 0 Å². The molecule has 1 unspecified atom stereocenters. The van der Waals surface area contributed by atoms with E-state index in [0.29, 0.717) is 12.1 Å². The fraction of sp³-hybridized carbons (Fsp3) is 0.647. The zero-order chi connectivity index (χ0) is 14.0. The molecule has 0 amide bonds. The topological polar surface area (TPSA) is 21.3 Å². The average molecular weight is 338 g/mol. The molecule has 3 heteroatoms. The van der Waals surface area contributed by atoms with Crippen molar-refractivity contribution in [1.82, 2.24) is 5.32 Å². The molecule has 1 aromatic carbocycles. The lowest BCUT2D eigenvalue weighted by Crippen LogP contribution is -2.32. The van der Waals surface area contributed by atoms with Crippen molar-refractivity contribution in [2.75, 3.05) is 6.54 Å². The van der Waals surface area contributed by atoms with Gasteiger partial charge >= 0.3 is 0 Å². The molecule has 2 fully saturated rings. The van der Waals surface area contributed by atoms with Gasteiger partial charge in [0.05, 0.1) is 11.7 Å². The molecular weight excluding hydrogens is 314 g/mol. The summed E-state index contributed by atoms with van der Waals surface area (Å²) in [6, 6.07) is 8.94. The van der Waals surface area contributed by atoms with Gasteiger partial charge in [-0.05, 0) is 50.3 Å². The predicted molar refractivity (Wildman–Crippen MR) is 85.9 cm³/mol. The van der Waals surface area contributed by atoms with Crippen LogP contribution >= 0.6 is 15.9 Å². The van der Waals surface area contributed by atoms with Crippen LogP contribution in [0.2, 0.25) is 0 Å². The van der Waals surface area contributed by atoms with E-state index in [1.165, 1.54) is 44.1 Å². The first kappa shape index (κ1) is 14.6. The van der Waals surface area contributed by atoms with Crippen LogP contribution in [0.4, 0.5) is 0 Å². The van der Waals surface area contributed by atoms with Gasteiger partial charge in [-0.2, -0.15) is 0 Å². The Hall–Kier alpha value is -0.380. The monoisotopic (exact) mass is 337 g/mol. The third-order valence-corrected chi connectivity index (χ3v) is 5.40. The van der Waals surface area contributed by atoms with E-state index in [4.69, 9.17) is 4.74 Å². The number of ether oxygens (including phenoxy) is 1. The molecule has 1 N–H and O–H groups in total. The summed E-state index contributed by atoms with van der Waals surface area (Å²) >= 11 is 3.48. The van der Waals surface area contributed by atoms with Gasteiger partial charge in [0, 0.05) is 17.1 Å². The van der Waals surface area contributed by atoms with Crippen LogP contribution in [-0.4, -0.2) is 18.2 Å². The molecule has 1 aromatic rings. The fourth-order valence-corrected chi connectivity index (χ4v) is 3.87. The van der Waals surface area contributed by atoms with Gasteiger partial charge in [-0.1, -0.05) is 40.9 Å². The van der Waals surface area contributed by atoms with Crippen molar-refractivity contribution in [3.05, 3.63) is 34.3 Å². The Labute approximate surface area is 130 Å². The molecule has 2 atom stereocenters. The van der Waals surface area contributed by atoms with Crippen LogP contribution in [0.15, 0.2) is 28.7 Å². The van der Waals surface area contributed by atoms with Crippen LogP contribution in [-0.2, 0) is 4.74 Å². The number of hydrogen-bond acceptors (Lipinski definition) is 2. The summed E-state index contributed by atoms with van der Waals surface area (Å²) in [6.45, 7) is 3.20. The Morgan fingerprint density at radius 2 is 1.95 bits per heavy atom. The highest BCUT2D eigenvalue weighted by atomic mass is 79.9. The standard InChI is InChI=1S/C17H24BrNO/c1-13(14-4-6-15(18)7-5-14)19-12-16-8-11-17(20-16)9-2-3-10-17/h4-7,13,16,19H,2-3,8-12H2,1H3/t13-,16?/m0/s1. The van der Waals surface area contributed by atoms with E-state index >= 15 is 0 Å². The molecule has 0 radical (unpaired) electrons. The minimum atomic E-state index is 0.257. The highest BCUT2D eigenvalue weighted by molar-refractivity contribution is 9.10. The summed E-state index contributed by atoms with van der Waals surface area (Å²) in [6.07, 6.45) is 8.18. The van der Waals surface area contributed by atoms with Crippen LogP contribution in [0.3, 0.4) is 0 Å². The number of hydrogen-bond donors (Lipinski definition) is 1. The van der Waals surface area contributed by atoms with Crippen molar-refractivity contribution in [2.45, 2.75) is 63.2 Å². The van der Waals surface area contributed by atoms with Crippen molar-refractivity contribution in [3.8, 4) is 0 Å². The second-order valence-corrected chi connectivity index (χ2v) is 7.27. The predicted octanol–water partition coefficient (Wildman–Crippen LogP) is 4.59. The lowest BCUT2D eigenvalue weighted by atomic mass is 9.98. The van der Waals surface area contributed by atoms with E-state index in [0.717, 1.165) is 11.0 Å². The molecule has 1 saturated carbocycles. The number of benzene rings is 1. The van der Waals surface area contributed by atoms with Crippen LogP contribution in [0.25, 0.3) is 0 Å². The minimum absolute atomic E-state index is 0.257. The van der Waals surface area contributed by atoms with Gasteiger partial charge in [0.15, 0.2) is 0 Å². The summed E-state index contributed by atoms with van der Waals surface area (Å²) in [5.41, 5.74) is 1.59. The zero-order valence-electron chi connectivity index (χ0n) is 12.2. The maximum absolute atomic E-state index is 6.35. The Balaban J connectivity index is 1.49. The van der Waals surface area contributed by atoms with Gasteiger partial charge in [-0.3, -0.25) is 0 Å². The normalized spacial score (nSPS) is 26.2. The summed E-state index contributed by atoms with van der Waals surface area (Å²) in [7, 11) is 0. The largest absolute Gasteiger partial charge is 0.370 e. The summed E-state index contributed by atoms with van der Waals surface area (Å²) in [5, 5.41) is 3.63. The molecule has 1 aliphatic heterocycles. The molecule has 1 heterocycles. The number of nitrogens with one attached hydrogen (secondary N) is 1. The van der Waals surface area contributed by atoms with E-state index in [-0.39, 0.29) is 5.60 Å². The van der Waals surface area contributed by atoms with Crippen LogP contribution in [0.5, 0.6) is 0 Å². The Morgan fingerprint density at radius 3 is 2.65 bits per heavy atom.